The fourth-order valence-corrected chi connectivity index (χ4v) is 2.84. The van der Waals surface area contributed by atoms with Gasteiger partial charge in [-0.1, -0.05) is 17.7 Å². The number of halogens is 2. The monoisotopic (exact) mass is 369 g/mol. The molecular formula is C16H17ClFN3O4. The van der Waals surface area contributed by atoms with E-state index in [0.717, 1.165) is 30.2 Å². The van der Waals surface area contributed by atoms with Crippen molar-refractivity contribution in [2.24, 2.45) is 0 Å². The Labute approximate surface area is 148 Å². The summed E-state index contributed by atoms with van der Waals surface area (Å²) in [5, 5.41) is 2.36. The van der Waals surface area contributed by atoms with Crippen LogP contribution >= 0.6 is 11.6 Å². The normalized spacial score (nSPS) is 23.4. The number of urea groups is 1. The zero-order chi connectivity index (χ0) is 18.2. The van der Waals surface area contributed by atoms with Crippen LogP contribution < -0.4 is 10.8 Å². The Hall–Kier alpha value is -2.19. The number of carbonyl (C=O) groups is 3. The van der Waals surface area contributed by atoms with Gasteiger partial charge in [0.05, 0.1) is 11.1 Å². The molecule has 25 heavy (non-hydrogen) atoms. The van der Waals surface area contributed by atoms with Gasteiger partial charge in [-0.3, -0.25) is 19.3 Å². The van der Waals surface area contributed by atoms with E-state index in [9.17, 15) is 18.8 Å². The number of amides is 4. The summed E-state index contributed by atoms with van der Waals surface area (Å²) >= 11 is 5.76. The van der Waals surface area contributed by atoms with Crippen molar-refractivity contribution in [1.82, 2.24) is 15.7 Å². The van der Waals surface area contributed by atoms with Crippen LogP contribution in [0.4, 0.5) is 9.18 Å². The van der Waals surface area contributed by atoms with Crippen LogP contribution in [0.2, 0.25) is 5.02 Å². The zero-order valence-corrected chi connectivity index (χ0v) is 14.2. The lowest BCUT2D eigenvalue weighted by Crippen LogP contribution is -2.44. The second-order valence-electron chi connectivity index (χ2n) is 6.27. The number of nitrogens with one attached hydrogen (secondary N) is 2. The average Bonchev–Trinajstić information content (AvgIpc) is 2.73. The molecule has 1 unspecified atom stereocenters. The first-order valence-electron chi connectivity index (χ1n) is 7.85. The SMILES string of the molecule is CC1(c2ccc(F)c(Cl)c2)NC(=O)N(CC(=O)NOC2CCC2)C1=O. The summed E-state index contributed by atoms with van der Waals surface area (Å²) in [6.45, 7) is 1.00. The summed E-state index contributed by atoms with van der Waals surface area (Å²) in [4.78, 5) is 42.6. The number of benzene rings is 1. The molecule has 9 heteroatoms. The molecule has 1 heterocycles. The third-order valence-electron chi connectivity index (χ3n) is 4.47. The highest BCUT2D eigenvalue weighted by molar-refractivity contribution is 6.30. The van der Waals surface area contributed by atoms with Crippen LogP contribution in [-0.2, 0) is 20.0 Å². The van der Waals surface area contributed by atoms with E-state index < -0.39 is 35.7 Å². The van der Waals surface area contributed by atoms with Crippen molar-refractivity contribution < 1.29 is 23.6 Å². The molecule has 2 fully saturated rings. The summed E-state index contributed by atoms with van der Waals surface area (Å²) in [7, 11) is 0. The first-order chi connectivity index (χ1) is 11.8. The highest BCUT2D eigenvalue weighted by atomic mass is 35.5. The third kappa shape index (κ3) is 3.32. The minimum absolute atomic E-state index is 0.0151. The fraction of sp³-hybridized carbons (Fsp3) is 0.438. The lowest BCUT2D eigenvalue weighted by atomic mass is 9.92. The average molecular weight is 370 g/mol. The Morgan fingerprint density at radius 3 is 2.80 bits per heavy atom. The van der Waals surface area contributed by atoms with Gasteiger partial charge in [-0.15, -0.1) is 0 Å². The Balaban J connectivity index is 1.70. The number of rotatable bonds is 5. The summed E-state index contributed by atoms with van der Waals surface area (Å²) < 4.78 is 13.3. The lowest BCUT2D eigenvalue weighted by Gasteiger charge is -2.25. The predicted molar refractivity (Wildman–Crippen MR) is 85.9 cm³/mol. The molecule has 2 aliphatic rings. The third-order valence-corrected chi connectivity index (χ3v) is 4.75. The fourth-order valence-electron chi connectivity index (χ4n) is 2.66. The zero-order valence-electron chi connectivity index (χ0n) is 13.5. The number of hydrogen-bond donors (Lipinski definition) is 2. The standard InChI is InChI=1S/C16H17ClFN3O4/c1-16(9-5-6-12(18)11(17)7-9)14(23)21(15(24)19-16)8-13(22)20-25-10-3-2-4-10/h5-7,10H,2-4,8H2,1H3,(H,19,24)(H,20,22). The summed E-state index contributed by atoms with van der Waals surface area (Å²) in [5.74, 6) is -1.86. The molecule has 1 aromatic rings. The highest BCUT2D eigenvalue weighted by Gasteiger charge is 2.49. The van der Waals surface area contributed by atoms with Gasteiger partial charge in [0.1, 0.15) is 17.9 Å². The van der Waals surface area contributed by atoms with Gasteiger partial charge < -0.3 is 5.32 Å². The van der Waals surface area contributed by atoms with Crippen LogP contribution in [0.25, 0.3) is 0 Å². The number of hydroxylamine groups is 1. The van der Waals surface area contributed by atoms with Gasteiger partial charge in [0.15, 0.2) is 0 Å². The van der Waals surface area contributed by atoms with Crippen LogP contribution in [0.15, 0.2) is 18.2 Å². The number of carbonyl (C=O) groups excluding carboxylic acids is 3. The van der Waals surface area contributed by atoms with E-state index in [1.165, 1.54) is 19.1 Å². The molecule has 1 aliphatic heterocycles. The van der Waals surface area contributed by atoms with E-state index in [1.54, 1.807) is 0 Å². The largest absolute Gasteiger partial charge is 0.325 e. The van der Waals surface area contributed by atoms with Gasteiger partial charge in [0, 0.05) is 0 Å². The van der Waals surface area contributed by atoms with Crippen LogP contribution in [0.1, 0.15) is 31.7 Å². The molecule has 1 atom stereocenters. The van der Waals surface area contributed by atoms with Crippen molar-refractivity contribution in [3.63, 3.8) is 0 Å². The lowest BCUT2D eigenvalue weighted by molar-refractivity contribution is -0.146. The van der Waals surface area contributed by atoms with E-state index in [-0.39, 0.29) is 11.1 Å². The van der Waals surface area contributed by atoms with Crippen molar-refractivity contribution in [2.75, 3.05) is 6.54 Å². The molecule has 134 valence electrons. The Bertz CT molecular complexity index is 740. The predicted octanol–water partition coefficient (Wildman–Crippen LogP) is 1.85. The minimum atomic E-state index is -1.43. The van der Waals surface area contributed by atoms with Gasteiger partial charge in [0.25, 0.3) is 11.8 Å². The second-order valence-corrected chi connectivity index (χ2v) is 6.68. The first-order valence-corrected chi connectivity index (χ1v) is 8.23. The van der Waals surface area contributed by atoms with Crippen LogP contribution in [0, 0.1) is 5.82 Å². The molecule has 1 saturated heterocycles. The Morgan fingerprint density at radius 2 is 2.20 bits per heavy atom. The van der Waals surface area contributed by atoms with E-state index in [4.69, 9.17) is 16.4 Å². The molecule has 4 amide bonds. The molecule has 7 nitrogen and oxygen atoms in total. The van der Waals surface area contributed by atoms with E-state index in [1.807, 2.05) is 0 Å². The Kier molecular flexibility index (Phi) is 4.66. The van der Waals surface area contributed by atoms with Crippen LogP contribution in [-0.4, -0.2) is 35.4 Å². The number of nitrogens with zero attached hydrogens (tertiary/aromatic N) is 1. The summed E-state index contributed by atoms with van der Waals surface area (Å²) in [5.41, 5.74) is 1.15. The molecule has 1 aliphatic carbocycles. The topological polar surface area (TPSA) is 87.7 Å². The van der Waals surface area contributed by atoms with Crippen molar-refractivity contribution in [1.29, 1.82) is 0 Å². The van der Waals surface area contributed by atoms with Crippen molar-refractivity contribution in [2.45, 2.75) is 37.8 Å². The molecule has 1 aromatic carbocycles. The van der Waals surface area contributed by atoms with Crippen LogP contribution in [0.3, 0.4) is 0 Å². The summed E-state index contributed by atoms with van der Waals surface area (Å²) in [6.07, 6.45) is 2.77. The number of hydrogen-bond acceptors (Lipinski definition) is 4. The molecule has 0 bridgehead atoms. The van der Waals surface area contributed by atoms with E-state index in [2.05, 4.69) is 10.8 Å². The Morgan fingerprint density at radius 1 is 1.48 bits per heavy atom. The molecule has 0 aromatic heterocycles. The molecule has 1 saturated carbocycles. The highest BCUT2D eigenvalue weighted by Crippen LogP contribution is 2.31. The van der Waals surface area contributed by atoms with Gasteiger partial charge in [0.2, 0.25) is 0 Å². The quantitative estimate of drug-likeness (QED) is 0.612. The van der Waals surface area contributed by atoms with Crippen LogP contribution in [0.5, 0.6) is 0 Å². The summed E-state index contributed by atoms with van der Waals surface area (Å²) in [6, 6.07) is 3.04. The first kappa shape index (κ1) is 17.6. The van der Waals surface area contributed by atoms with E-state index >= 15 is 0 Å². The van der Waals surface area contributed by atoms with Crippen molar-refractivity contribution in [3.05, 3.63) is 34.6 Å². The van der Waals surface area contributed by atoms with Gasteiger partial charge in [-0.2, -0.15) is 0 Å². The van der Waals surface area contributed by atoms with Crippen molar-refractivity contribution >= 4 is 29.4 Å². The maximum Gasteiger partial charge on any atom is 0.325 e. The second kappa shape index (κ2) is 6.61. The molecule has 3 rings (SSSR count). The molecule has 0 spiro atoms. The minimum Gasteiger partial charge on any atom is -0.319 e. The van der Waals surface area contributed by atoms with Gasteiger partial charge >= 0.3 is 6.03 Å². The maximum absolute atomic E-state index is 13.3. The van der Waals surface area contributed by atoms with E-state index in [0.29, 0.717) is 5.56 Å². The van der Waals surface area contributed by atoms with Crippen molar-refractivity contribution in [3.8, 4) is 0 Å². The number of imide groups is 1. The molecule has 2 N–H and O–H groups in total. The smallest absolute Gasteiger partial charge is 0.319 e. The molecular weight excluding hydrogens is 353 g/mol. The van der Waals surface area contributed by atoms with Gasteiger partial charge in [-0.05, 0) is 43.9 Å². The maximum atomic E-state index is 13.3. The van der Waals surface area contributed by atoms with Gasteiger partial charge in [-0.25, -0.2) is 14.7 Å². The molecule has 0 radical (unpaired) electrons.